The Bertz CT molecular complexity index is 65.3. The molecule has 9 heavy (non-hydrogen) atoms. The Labute approximate surface area is 56.2 Å². The Kier molecular flexibility index (Phi) is 5.52. The lowest BCUT2D eigenvalue weighted by Crippen LogP contribution is -2.13. The van der Waals surface area contributed by atoms with Crippen LogP contribution < -0.4 is 0 Å². The molecule has 0 N–H and O–H groups in total. The molecule has 0 aromatic heterocycles. The van der Waals surface area contributed by atoms with Crippen LogP contribution in [-0.4, -0.2) is 19.0 Å². The largest absolute Gasteiger partial charge is 0.371 e. The summed E-state index contributed by atoms with van der Waals surface area (Å²) in [5, 5.41) is 0. The van der Waals surface area contributed by atoms with Gasteiger partial charge in [-0.3, -0.25) is 0 Å². The normalized spacial score (nSPS) is 13.1. The third-order valence-corrected chi connectivity index (χ3v) is 1.11. The quantitative estimate of drug-likeness (QED) is 0.526. The molecule has 0 bridgehead atoms. The van der Waals surface area contributed by atoms with Crippen molar-refractivity contribution in [2.45, 2.75) is 32.8 Å². The molecular weight excluding hydrogens is 116 g/mol. The summed E-state index contributed by atoms with van der Waals surface area (Å²) in [6.45, 7) is 4.56. The highest BCUT2D eigenvalue weighted by atomic mass is 16.5. The van der Waals surface area contributed by atoms with Gasteiger partial charge in [-0.15, -0.1) is 0 Å². The monoisotopic (exact) mass is 130 g/mol. The third-order valence-electron chi connectivity index (χ3n) is 1.11. The number of hydrogen-bond donors (Lipinski definition) is 0. The molecule has 0 saturated heterocycles. The summed E-state index contributed by atoms with van der Waals surface area (Å²) in [7, 11) is 0. The highest BCUT2D eigenvalue weighted by molar-refractivity contribution is 5.55. The maximum Gasteiger partial charge on any atom is 0.148 e. The average Bonchev–Trinajstić information content (AvgIpc) is 1.88. The van der Waals surface area contributed by atoms with E-state index in [1.165, 1.54) is 0 Å². The van der Waals surface area contributed by atoms with Gasteiger partial charge in [0.25, 0.3) is 0 Å². The van der Waals surface area contributed by atoms with Crippen molar-refractivity contribution in [3.05, 3.63) is 0 Å². The zero-order chi connectivity index (χ0) is 7.11. The van der Waals surface area contributed by atoms with Crippen molar-refractivity contribution in [1.29, 1.82) is 0 Å². The lowest BCUT2D eigenvalue weighted by molar-refractivity contribution is -0.118. The van der Waals surface area contributed by atoms with Gasteiger partial charge in [0.1, 0.15) is 12.4 Å². The number of aldehydes is 1. The van der Waals surface area contributed by atoms with E-state index in [4.69, 9.17) is 4.74 Å². The van der Waals surface area contributed by atoms with Gasteiger partial charge in [-0.25, -0.2) is 0 Å². The van der Waals surface area contributed by atoms with Gasteiger partial charge in [0.2, 0.25) is 0 Å². The first kappa shape index (κ1) is 8.63. The maximum atomic E-state index is 10.2. The van der Waals surface area contributed by atoms with E-state index in [1.807, 2.05) is 13.8 Å². The number of carbonyl (C=O) groups is 1. The molecule has 1 unspecified atom stereocenters. The van der Waals surface area contributed by atoms with Gasteiger partial charge in [0.15, 0.2) is 0 Å². The van der Waals surface area contributed by atoms with Crippen LogP contribution in [0.25, 0.3) is 0 Å². The second kappa shape index (κ2) is 5.76. The minimum absolute atomic E-state index is 0.167. The topological polar surface area (TPSA) is 26.3 Å². The van der Waals surface area contributed by atoms with E-state index in [0.29, 0.717) is 6.61 Å². The molecule has 2 heteroatoms. The van der Waals surface area contributed by atoms with E-state index >= 15 is 0 Å². The molecule has 54 valence electrons. The molecule has 0 saturated carbocycles. The lowest BCUT2D eigenvalue weighted by atomic mass is 10.2. The summed E-state index contributed by atoms with van der Waals surface area (Å²) in [4.78, 5) is 10.2. The molecule has 0 spiro atoms. The third kappa shape index (κ3) is 4.15. The van der Waals surface area contributed by atoms with E-state index in [2.05, 4.69) is 0 Å². The molecule has 0 fully saturated rings. The van der Waals surface area contributed by atoms with Crippen molar-refractivity contribution in [3.63, 3.8) is 0 Å². The Morgan fingerprint density at radius 1 is 1.56 bits per heavy atom. The van der Waals surface area contributed by atoms with Crippen LogP contribution in [0.4, 0.5) is 0 Å². The van der Waals surface area contributed by atoms with Crippen LogP contribution in [0.1, 0.15) is 26.7 Å². The molecule has 2 nitrogen and oxygen atoms in total. The van der Waals surface area contributed by atoms with E-state index in [-0.39, 0.29) is 6.10 Å². The van der Waals surface area contributed by atoms with Crippen LogP contribution in [0.3, 0.4) is 0 Å². The molecular formula is C7H14O2. The second-order valence-corrected chi connectivity index (χ2v) is 1.92. The fourth-order valence-corrected chi connectivity index (χ4v) is 0.689. The molecule has 0 aromatic rings. The first-order chi connectivity index (χ1) is 4.35. The van der Waals surface area contributed by atoms with Crippen LogP contribution in [-0.2, 0) is 9.53 Å². The minimum Gasteiger partial charge on any atom is -0.371 e. The first-order valence-electron chi connectivity index (χ1n) is 3.42. The van der Waals surface area contributed by atoms with Crippen LogP contribution in [0.5, 0.6) is 0 Å². The first-order valence-corrected chi connectivity index (χ1v) is 3.42. The molecule has 1 atom stereocenters. The number of carbonyl (C=O) groups excluding carboxylic acids is 1. The lowest BCUT2D eigenvalue weighted by Gasteiger charge is -2.06. The maximum absolute atomic E-state index is 10.2. The van der Waals surface area contributed by atoms with Gasteiger partial charge in [-0.05, 0) is 13.3 Å². The van der Waals surface area contributed by atoms with E-state index in [0.717, 1.165) is 19.1 Å². The van der Waals surface area contributed by atoms with E-state index in [1.54, 1.807) is 0 Å². The fourth-order valence-electron chi connectivity index (χ4n) is 0.689. The SMILES string of the molecule is CCCC(C=O)OCC. The Morgan fingerprint density at radius 3 is 2.56 bits per heavy atom. The summed E-state index contributed by atoms with van der Waals surface area (Å²) >= 11 is 0. The van der Waals surface area contributed by atoms with Gasteiger partial charge < -0.3 is 9.53 Å². The van der Waals surface area contributed by atoms with Gasteiger partial charge in [-0.2, -0.15) is 0 Å². The average molecular weight is 130 g/mol. The summed E-state index contributed by atoms with van der Waals surface area (Å²) in [6, 6.07) is 0. The predicted octanol–water partition coefficient (Wildman–Crippen LogP) is 1.39. The summed E-state index contributed by atoms with van der Waals surface area (Å²) in [5.74, 6) is 0. The minimum atomic E-state index is -0.167. The van der Waals surface area contributed by atoms with Gasteiger partial charge in [0, 0.05) is 6.61 Å². The summed E-state index contributed by atoms with van der Waals surface area (Å²) in [5.41, 5.74) is 0. The molecule has 0 aliphatic heterocycles. The van der Waals surface area contributed by atoms with Gasteiger partial charge in [-0.1, -0.05) is 13.3 Å². The predicted molar refractivity (Wildman–Crippen MR) is 36.4 cm³/mol. The molecule has 0 aromatic carbocycles. The van der Waals surface area contributed by atoms with Crippen LogP contribution in [0, 0.1) is 0 Å². The zero-order valence-electron chi connectivity index (χ0n) is 6.09. The second-order valence-electron chi connectivity index (χ2n) is 1.92. The van der Waals surface area contributed by atoms with Crippen molar-refractivity contribution in [2.75, 3.05) is 6.61 Å². The number of rotatable bonds is 5. The molecule has 0 aliphatic rings. The smallest absolute Gasteiger partial charge is 0.148 e. The molecule has 0 radical (unpaired) electrons. The van der Waals surface area contributed by atoms with Crippen LogP contribution >= 0.6 is 0 Å². The van der Waals surface area contributed by atoms with Gasteiger partial charge in [0.05, 0.1) is 0 Å². The van der Waals surface area contributed by atoms with Crippen molar-refractivity contribution in [2.24, 2.45) is 0 Å². The number of hydrogen-bond acceptors (Lipinski definition) is 2. The summed E-state index contributed by atoms with van der Waals surface area (Å²) in [6.07, 6.45) is 2.55. The molecule has 0 aliphatic carbocycles. The fraction of sp³-hybridized carbons (Fsp3) is 0.857. The van der Waals surface area contributed by atoms with E-state index < -0.39 is 0 Å². The van der Waals surface area contributed by atoms with Crippen molar-refractivity contribution >= 4 is 6.29 Å². The van der Waals surface area contributed by atoms with E-state index in [9.17, 15) is 4.79 Å². The van der Waals surface area contributed by atoms with Crippen molar-refractivity contribution in [3.8, 4) is 0 Å². The standard InChI is InChI=1S/C7H14O2/c1-3-5-7(6-8)9-4-2/h6-7H,3-5H2,1-2H3. The number of ether oxygens (including phenoxy) is 1. The Morgan fingerprint density at radius 2 is 2.22 bits per heavy atom. The van der Waals surface area contributed by atoms with Crippen LogP contribution in [0.2, 0.25) is 0 Å². The summed E-state index contributed by atoms with van der Waals surface area (Å²) < 4.78 is 5.06. The van der Waals surface area contributed by atoms with Crippen molar-refractivity contribution < 1.29 is 9.53 Å². The highest BCUT2D eigenvalue weighted by Crippen LogP contribution is 1.97. The zero-order valence-corrected chi connectivity index (χ0v) is 6.09. The Balaban J connectivity index is 3.29. The molecule has 0 amide bonds. The molecule has 0 heterocycles. The van der Waals surface area contributed by atoms with Crippen LogP contribution in [0.15, 0.2) is 0 Å². The highest BCUT2D eigenvalue weighted by Gasteiger charge is 2.02. The van der Waals surface area contributed by atoms with Gasteiger partial charge >= 0.3 is 0 Å². The van der Waals surface area contributed by atoms with Crippen molar-refractivity contribution in [1.82, 2.24) is 0 Å². The Hall–Kier alpha value is -0.370. The molecule has 0 rings (SSSR count).